The lowest BCUT2D eigenvalue weighted by molar-refractivity contribution is -0.385. The van der Waals surface area contributed by atoms with Crippen LogP contribution in [-0.4, -0.2) is 52.2 Å². The molecule has 2 aromatic carbocycles. The number of nitrogens with one attached hydrogen (secondary N) is 1. The molecule has 29 heavy (non-hydrogen) atoms. The molecule has 0 unspecified atom stereocenters. The summed E-state index contributed by atoms with van der Waals surface area (Å²) in [6, 6.07) is 11.1. The number of nitrogens with zero attached hydrogens (tertiary/aromatic N) is 3. The zero-order valence-electron chi connectivity index (χ0n) is 15.6. The maximum absolute atomic E-state index is 12.9. The number of rotatable bonds is 4. The molecule has 2 aromatic rings. The molecular formula is C20H18N4O5. The third kappa shape index (κ3) is 3.05. The predicted molar refractivity (Wildman–Crippen MR) is 102 cm³/mol. The van der Waals surface area contributed by atoms with E-state index in [0.29, 0.717) is 13.0 Å². The van der Waals surface area contributed by atoms with E-state index in [9.17, 15) is 24.5 Å². The highest BCUT2D eigenvalue weighted by atomic mass is 16.6. The Morgan fingerprint density at radius 3 is 2.55 bits per heavy atom. The SMILES string of the molecule is CNC(=O)[C@@H]1Cc2ccccc2CN1CN1C(=O)c2cccc([N+](=O)[O-])c2C1=O. The van der Waals surface area contributed by atoms with Crippen LogP contribution in [0.15, 0.2) is 42.5 Å². The molecule has 1 atom stereocenters. The van der Waals surface area contributed by atoms with E-state index in [1.54, 1.807) is 4.90 Å². The van der Waals surface area contributed by atoms with Crippen LogP contribution in [0.4, 0.5) is 5.69 Å². The lowest BCUT2D eigenvalue weighted by atomic mass is 9.94. The van der Waals surface area contributed by atoms with Crippen molar-refractivity contribution in [2.24, 2.45) is 0 Å². The molecule has 4 rings (SSSR count). The first-order chi connectivity index (χ1) is 13.9. The highest BCUT2D eigenvalue weighted by Gasteiger charge is 2.43. The number of nitro groups is 1. The first kappa shape index (κ1) is 18.8. The molecule has 148 valence electrons. The summed E-state index contributed by atoms with van der Waals surface area (Å²) in [7, 11) is 1.53. The average molecular weight is 394 g/mol. The summed E-state index contributed by atoms with van der Waals surface area (Å²) in [6.45, 7) is 0.250. The number of likely N-dealkylation sites (N-methyl/N-ethyl adjacent to an activating group) is 1. The lowest BCUT2D eigenvalue weighted by Crippen LogP contribution is -2.53. The second-order valence-corrected chi connectivity index (χ2v) is 6.99. The number of benzene rings is 2. The standard InChI is InChI=1S/C20H18N4O5/c1-21-18(25)16-9-12-5-2-3-6-13(12)10-22(16)11-23-19(26)14-7-4-8-15(24(28)29)17(14)20(23)27/h2-8,16H,9-11H2,1H3,(H,21,25)/t16-/m0/s1. The summed E-state index contributed by atoms with van der Waals surface area (Å²) in [5.74, 6) is -1.53. The van der Waals surface area contributed by atoms with E-state index in [0.717, 1.165) is 16.0 Å². The molecule has 1 N–H and O–H groups in total. The maximum Gasteiger partial charge on any atom is 0.282 e. The van der Waals surface area contributed by atoms with Gasteiger partial charge < -0.3 is 5.32 Å². The Bertz CT molecular complexity index is 1050. The van der Waals surface area contributed by atoms with Crippen molar-refractivity contribution in [1.82, 2.24) is 15.1 Å². The largest absolute Gasteiger partial charge is 0.358 e. The Hall–Kier alpha value is -3.59. The van der Waals surface area contributed by atoms with Crippen LogP contribution in [0, 0.1) is 10.1 Å². The van der Waals surface area contributed by atoms with E-state index in [4.69, 9.17) is 0 Å². The third-order valence-electron chi connectivity index (χ3n) is 5.39. The first-order valence-electron chi connectivity index (χ1n) is 9.08. The summed E-state index contributed by atoms with van der Waals surface area (Å²) in [4.78, 5) is 51.5. The molecule has 0 bridgehead atoms. The smallest absolute Gasteiger partial charge is 0.282 e. The van der Waals surface area contributed by atoms with Gasteiger partial charge in [0.25, 0.3) is 17.5 Å². The van der Waals surface area contributed by atoms with Gasteiger partial charge in [-0.3, -0.25) is 34.3 Å². The fourth-order valence-corrected chi connectivity index (χ4v) is 3.93. The minimum absolute atomic E-state index is 0.0121. The van der Waals surface area contributed by atoms with Gasteiger partial charge >= 0.3 is 0 Å². The van der Waals surface area contributed by atoms with Crippen molar-refractivity contribution < 1.29 is 19.3 Å². The zero-order chi connectivity index (χ0) is 20.7. The topological polar surface area (TPSA) is 113 Å². The van der Waals surface area contributed by atoms with E-state index in [2.05, 4.69) is 5.32 Å². The van der Waals surface area contributed by atoms with Gasteiger partial charge in [-0.2, -0.15) is 0 Å². The molecule has 0 radical (unpaired) electrons. The molecule has 2 aliphatic rings. The van der Waals surface area contributed by atoms with Crippen LogP contribution < -0.4 is 5.32 Å². The number of carbonyl (C=O) groups excluding carboxylic acids is 3. The van der Waals surface area contributed by atoms with Gasteiger partial charge in [-0.1, -0.05) is 30.3 Å². The Kier molecular flexibility index (Phi) is 4.59. The Balaban J connectivity index is 1.67. The average Bonchev–Trinajstić information content (AvgIpc) is 2.97. The second-order valence-electron chi connectivity index (χ2n) is 6.99. The van der Waals surface area contributed by atoms with Crippen molar-refractivity contribution in [3.05, 3.63) is 74.8 Å². The van der Waals surface area contributed by atoms with Gasteiger partial charge in [0.05, 0.1) is 23.2 Å². The number of hydrogen-bond donors (Lipinski definition) is 1. The lowest BCUT2D eigenvalue weighted by Gasteiger charge is -2.37. The molecule has 0 saturated carbocycles. The van der Waals surface area contributed by atoms with Crippen LogP contribution in [0.5, 0.6) is 0 Å². The van der Waals surface area contributed by atoms with Gasteiger partial charge in [0.2, 0.25) is 5.91 Å². The van der Waals surface area contributed by atoms with Gasteiger partial charge in [0.15, 0.2) is 0 Å². The van der Waals surface area contributed by atoms with Crippen LogP contribution in [0.3, 0.4) is 0 Å². The van der Waals surface area contributed by atoms with Crippen molar-refractivity contribution in [3.63, 3.8) is 0 Å². The van der Waals surface area contributed by atoms with Crippen molar-refractivity contribution in [2.75, 3.05) is 13.7 Å². The fraction of sp³-hybridized carbons (Fsp3) is 0.250. The van der Waals surface area contributed by atoms with Crippen LogP contribution in [-0.2, 0) is 17.8 Å². The van der Waals surface area contributed by atoms with Crippen molar-refractivity contribution in [2.45, 2.75) is 19.0 Å². The normalized spacial score (nSPS) is 18.4. The summed E-state index contributed by atoms with van der Waals surface area (Å²) in [5.41, 5.74) is 1.47. The number of fused-ring (bicyclic) bond motifs is 2. The highest BCUT2D eigenvalue weighted by molar-refractivity contribution is 6.23. The van der Waals surface area contributed by atoms with E-state index in [1.807, 2.05) is 24.3 Å². The zero-order valence-corrected chi connectivity index (χ0v) is 15.6. The van der Waals surface area contributed by atoms with Crippen LogP contribution in [0.1, 0.15) is 31.8 Å². The summed E-state index contributed by atoms with van der Waals surface area (Å²) < 4.78 is 0. The molecule has 0 fully saturated rings. The predicted octanol–water partition coefficient (Wildman–Crippen LogP) is 1.32. The van der Waals surface area contributed by atoms with E-state index < -0.39 is 28.5 Å². The van der Waals surface area contributed by atoms with E-state index in [-0.39, 0.29) is 23.7 Å². The minimum Gasteiger partial charge on any atom is -0.358 e. The molecule has 0 aromatic heterocycles. The van der Waals surface area contributed by atoms with Crippen LogP contribution in [0.2, 0.25) is 0 Å². The highest BCUT2D eigenvalue weighted by Crippen LogP contribution is 2.32. The summed E-state index contributed by atoms with van der Waals surface area (Å²) in [5, 5.41) is 13.9. The summed E-state index contributed by atoms with van der Waals surface area (Å²) in [6.07, 6.45) is 0.444. The maximum atomic E-state index is 12.9. The molecular weight excluding hydrogens is 376 g/mol. The van der Waals surface area contributed by atoms with Gasteiger partial charge in [0.1, 0.15) is 5.56 Å². The molecule has 0 aliphatic carbocycles. The van der Waals surface area contributed by atoms with E-state index >= 15 is 0 Å². The molecule has 2 aliphatic heterocycles. The molecule has 3 amide bonds. The Labute approximate surface area is 166 Å². The number of amides is 3. The molecule has 9 heteroatoms. The van der Waals surface area contributed by atoms with Crippen molar-refractivity contribution in [3.8, 4) is 0 Å². The monoisotopic (exact) mass is 394 g/mol. The van der Waals surface area contributed by atoms with Gasteiger partial charge in [-0.05, 0) is 23.6 Å². The van der Waals surface area contributed by atoms with Crippen LogP contribution >= 0.6 is 0 Å². The Morgan fingerprint density at radius 1 is 1.14 bits per heavy atom. The number of hydrogen-bond acceptors (Lipinski definition) is 6. The fourth-order valence-electron chi connectivity index (χ4n) is 3.93. The third-order valence-corrected chi connectivity index (χ3v) is 5.39. The molecule has 9 nitrogen and oxygen atoms in total. The molecule has 2 heterocycles. The van der Waals surface area contributed by atoms with Gasteiger partial charge in [0, 0.05) is 19.7 Å². The minimum atomic E-state index is -0.716. The van der Waals surface area contributed by atoms with Crippen molar-refractivity contribution in [1.29, 1.82) is 0 Å². The number of nitro benzene ring substituents is 1. The quantitative estimate of drug-likeness (QED) is 0.475. The van der Waals surface area contributed by atoms with Crippen molar-refractivity contribution >= 4 is 23.4 Å². The number of imide groups is 1. The van der Waals surface area contributed by atoms with E-state index in [1.165, 1.54) is 25.2 Å². The van der Waals surface area contributed by atoms with Gasteiger partial charge in [-0.15, -0.1) is 0 Å². The second kappa shape index (κ2) is 7.10. The van der Waals surface area contributed by atoms with Gasteiger partial charge in [-0.25, -0.2) is 0 Å². The molecule has 0 spiro atoms. The number of carbonyl (C=O) groups is 3. The molecule has 0 saturated heterocycles. The first-order valence-corrected chi connectivity index (χ1v) is 9.08. The summed E-state index contributed by atoms with van der Waals surface area (Å²) >= 11 is 0. The van der Waals surface area contributed by atoms with Crippen LogP contribution in [0.25, 0.3) is 0 Å². The Morgan fingerprint density at radius 2 is 1.86 bits per heavy atom.